The molecule has 0 fully saturated rings. The van der Waals surface area contributed by atoms with Crippen molar-refractivity contribution < 1.29 is 8.83 Å². The molecule has 0 aliphatic heterocycles. The van der Waals surface area contributed by atoms with Gasteiger partial charge in [0.2, 0.25) is 0 Å². The van der Waals surface area contributed by atoms with Gasteiger partial charge in [-0.3, -0.25) is 0 Å². The van der Waals surface area contributed by atoms with Crippen molar-refractivity contribution in [1.82, 2.24) is 15.0 Å². The number of rotatable bonds is 5. The van der Waals surface area contributed by atoms with Crippen LogP contribution >= 0.6 is 0 Å². The van der Waals surface area contributed by atoms with E-state index < -0.39 is 0 Å². The van der Waals surface area contributed by atoms with E-state index in [1.54, 1.807) is 0 Å². The zero-order valence-electron chi connectivity index (χ0n) is 32.4. The fourth-order valence-electron chi connectivity index (χ4n) is 9.16. The van der Waals surface area contributed by atoms with Crippen LogP contribution in [0.3, 0.4) is 0 Å². The van der Waals surface area contributed by atoms with Gasteiger partial charge in [-0.15, -0.1) is 0 Å². The number of fused-ring (bicyclic) bond motifs is 9. The zero-order chi connectivity index (χ0) is 39.2. The van der Waals surface area contributed by atoms with Crippen LogP contribution in [0.4, 0.5) is 0 Å². The first-order valence-corrected chi connectivity index (χ1v) is 20.0. The van der Waals surface area contributed by atoms with Crippen molar-refractivity contribution in [2.24, 2.45) is 0 Å². The molecule has 1 aliphatic rings. The Morgan fingerprint density at radius 2 is 0.881 bits per heavy atom. The lowest BCUT2D eigenvalue weighted by atomic mass is 9.81. The third-order valence-corrected chi connectivity index (χ3v) is 12.2. The standard InChI is InChI=1S/C54H35N3O2/c1-54(2)44-19-8-6-16-38(44)39-25-22-36(31-45(39)54)34-15-10-14-33(28-34)35-23-26-48-43(29-35)50-41(18-11-21-49(50)59-48)53-56-51(32-12-4-3-5-13-32)55-52(57-53)37-24-27-47-42(30-37)40-17-7-9-20-46(40)58-47/h3-31H,1-2H3. The van der Waals surface area contributed by atoms with E-state index in [1.807, 2.05) is 72.8 Å². The van der Waals surface area contributed by atoms with Crippen LogP contribution in [0.5, 0.6) is 0 Å². The predicted molar refractivity (Wildman–Crippen MR) is 239 cm³/mol. The molecule has 0 saturated carbocycles. The van der Waals surface area contributed by atoms with Crippen LogP contribution in [0.1, 0.15) is 25.0 Å². The Hall–Kier alpha value is -7.63. The van der Waals surface area contributed by atoms with E-state index in [9.17, 15) is 0 Å². The number of benzene rings is 8. The minimum Gasteiger partial charge on any atom is -0.456 e. The zero-order valence-corrected chi connectivity index (χ0v) is 32.4. The third kappa shape index (κ3) is 5.28. The van der Waals surface area contributed by atoms with E-state index in [1.165, 1.54) is 33.4 Å². The van der Waals surface area contributed by atoms with E-state index in [4.69, 9.17) is 23.8 Å². The number of hydrogen-bond donors (Lipinski definition) is 0. The van der Waals surface area contributed by atoms with Gasteiger partial charge in [-0.25, -0.2) is 15.0 Å². The monoisotopic (exact) mass is 757 g/mol. The maximum absolute atomic E-state index is 6.52. The summed E-state index contributed by atoms with van der Waals surface area (Å²) in [6.07, 6.45) is 0. The van der Waals surface area contributed by atoms with Gasteiger partial charge in [-0.2, -0.15) is 0 Å². The molecule has 59 heavy (non-hydrogen) atoms. The molecular formula is C54H35N3O2. The quantitative estimate of drug-likeness (QED) is 0.175. The van der Waals surface area contributed by atoms with Crippen molar-refractivity contribution in [3.05, 3.63) is 187 Å². The molecule has 8 aromatic carbocycles. The molecule has 0 amide bonds. The first-order chi connectivity index (χ1) is 29.0. The van der Waals surface area contributed by atoms with Gasteiger partial charge < -0.3 is 8.83 Å². The van der Waals surface area contributed by atoms with E-state index in [0.29, 0.717) is 17.5 Å². The van der Waals surface area contributed by atoms with Crippen LogP contribution in [-0.2, 0) is 5.41 Å². The average molecular weight is 758 g/mol. The second kappa shape index (κ2) is 12.7. The number of hydrogen-bond acceptors (Lipinski definition) is 5. The SMILES string of the molecule is CC1(C)c2ccccc2-c2ccc(-c3cccc(-c4ccc5oc6cccc(-c7nc(-c8ccccc8)nc(-c8ccc9oc%10ccccc%10c9c8)n7)c6c5c4)c3)cc21. The highest BCUT2D eigenvalue weighted by atomic mass is 16.3. The summed E-state index contributed by atoms with van der Waals surface area (Å²) in [5, 5.41) is 4.05. The maximum atomic E-state index is 6.52. The Kier molecular flexibility index (Phi) is 7.20. The number of furan rings is 2. The highest BCUT2D eigenvalue weighted by Crippen LogP contribution is 2.49. The molecule has 0 radical (unpaired) electrons. The third-order valence-electron chi connectivity index (χ3n) is 12.2. The lowest BCUT2D eigenvalue weighted by Gasteiger charge is -2.22. The Morgan fingerprint density at radius 1 is 0.339 bits per heavy atom. The molecule has 0 atom stereocenters. The molecule has 0 bridgehead atoms. The first-order valence-electron chi connectivity index (χ1n) is 20.0. The lowest BCUT2D eigenvalue weighted by molar-refractivity contribution is 0.660. The largest absolute Gasteiger partial charge is 0.456 e. The molecule has 3 aromatic heterocycles. The molecule has 0 spiro atoms. The minimum absolute atomic E-state index is 0.0614. The molecule has 5 nitrogen and oxygen atoms in total. The molecule has 11 aromatic rings. The summed E-state index contributed by atoms with van der Waals surface area (Å²) in [7, 11) is 0. The van der Waals surface area contributed by atoms with Crippen molar-refractivity contribution in [3.63, 3.8) is 0 Å². The lowest BCUT2D eigenvalue weighted by Crippen LogP contribution is -2.14. The van der Waals surface area contributed by atoms with E-state index in [0.717, 1.165) is 71.7 Å². The van der Waals surface area contributed by atoms with Gasteiger partial charge in [0, 0.05) is 43.7 Å². The average Bonchev–Trinajstić information content (AvgIpc) is 3.93. The molecule has 0 saturated heterocycles. The Labute approximate surface area is 340 Å². The molecule has 1 aliphatic carbocycles. The van der Waals surface area contributed by atoms with Crippen molar-refractivity contribution >= 4 is 43.9 Å². The van der Waals surface area contributed by atoms with Crippen molar-refractivity contribution in [2.75, 3.05) is 0 Å². The topological polar surface area (TPSA) is 65.0 Å². The van der Waals surface area contributed by atoms with Gasteiger partial charge in [-0.05, 0) is 99.1 Å². The number of nitrogens with zero attached hydrogens (tertiary/aromatic N) is 3. The minimum atomic E-state index is -0.0614. The highest BCUT2D eigenvalue weighted by molar-refractivity contribution is 6.13. The predicted octanol–water partition coefficient (Wildman–Crippen LogP) is 14.3. The molecule has 0 N–H and O–H groups in total. The van der Waals surface area contributed by atoms with Crippen LogP contribution in [0.25, 0.3) is 111 Å². The maximum Gasteiger partial charge on any atom is 0.164 e. The second-order valence-electron chi connectivity index (χ2n) is 16.0. The fourth-order valence-corrected chi connectivity index (χ4v) is 9.16. The van der Waals surface area contributed by atoms with Gasteiger partial charge >= 0.3 is 0 Å². The summed E-state index contributed by atoms with van der Waals surface area (Å²) in [4.78, 5) is 15.4. The van der Waals surface area contributed by atoms with Crippen molar-refractivity contribution in [3.8, 4) is 67.5 Å². The second-order valence-corrected chi connectivity index (χ2v) is 16.0. The molecule has 5 heteroatoms. The van der Waals surface area contributed by atoms with E-state index in [-0.39, 0.29) is 5.41 Å². The summed E-state index contributed by atoms with van der Waals surface area (Å²) >= 11 is 0. The van der Waals surface area contributed by atoms with Crippen LogP contribution in [0, 0.1) is 0 Å². The molecule has 3 heterocycles. The Balaban J connectivity index is 0.986. The van der Waals surface area contributed by atoms with Crippen LogP contribution in [-0.4, -0.2) is 15.0 Å². The highest BCUT2D eigenvalue weighted by Gasteiger charge is 2.35. The normalized spacial score (nSPS) is 13.1. The summed E-state index contributed by atoms with van der Waals surface area (Å²) in [5.41, 5.74) is 15.9. The van der Waals surface area contributed by atoms with Gasteiger partial charge in [0.1, 0.15) is 22.3 Å². The van der Waals surface area contributed by atoms with Gasteiger partial charge in [-0.1, -0.05) is 135 Å². The molecule has 0 unspecified atom stereocenters. The number of para-hydroxylation sites is 1. The van der Waals surface area contributed by atoms with Crippen LogP contribution in [0.15, 0.2) is 185 Å². The summed E-state index contributed by atoms with van der Waals surface area (Å²) in [5.74, 6) is 1.76. The first kappa shape index (κ1) is 33.5. The summed E-state index contributed by atoms with van der Waals surface area (Å²) in [6.45, 7) is 4.66. The van der Waals surface area contributed by atoms with Crippen LogP contribution < -0.4 is 0 Å². The fraction of sp³-hybridized carbons (Fsp3) is 0.0556. The van der Waals surface area contributed by atoms with Crippen molar-refractivity contribution in [2.45, 2.75) is 19.3 Å². The van der Waals surface area contributed by atoms with E-state index >= 15 is 0 Å². The van der Waals surface area contributed by atoms with E-state index in [2.05, 4.69) is 117 Å². The summed E-state index contributed by atoms with van der Waals surface area (Å²) < 4.78 is 12.7. The smallest absolute Gasteiger partial charge is 0.164 e. The van der Waals surface area contributed by atoms with Crippen LogP contribution in [0.2, 0.25) is 0 Å². The molecular weight excluding hydrogens is 723 g/mol. The summed E-state index contributed by atoms with van der Waals surface area (Å²) in [6, 6.07) is 61.5. The van der Waals surface area contributed by atoms with Gasteiger partial charge in [0.05, 0.1) is 0 Å². The molecule has 278 valence electrons. The van der Waals surface area contributed by atoms with Gasteiger partial charge in [0.25, 0.3) is 0 Å². The Bertz CT molecular complexity index is 3480. The number of aromatic nitrogens is 3. The van der Waals surface area contributed by atoms with Gasteiger partial charge in [0.15, 0.2) is 17.5 Å². The van der Waals surface area contributed by atoms with Crippen molar-refractivity contribution in [1.29, 1.82) is 0 Å². The Morgan fingerprint density at radius 3 is 1.75 bits per heavy atom. The molecule has 12 rings (SSSR count).